The molecule has 2 aliphatic rings. The van der Waals surface area contributed by atoms with E-state index in [9.17, 15) is 21.6 Å². The van der Waals surface area contributed by atoms with Gasteiger partial charge in [-0.25, -0.2) is 8.42 Å². The predicted octanol–water partition coefficient (Wildman–Crippen LogP) is 2.29. The second-order valence-electron chi connectivity index (χ2n) is 7.62. The number of piperidine rings is 1. The lowest BCUT2D eigenvalue weighted by Gasteiger charge is -2.32. The van der Waals surface area contributed by atoms with Gasteiger partial charge in [-0.05, 0) is 37.0 Å². The summed E-state index contributed by atoms with van der Waals surface area (Å²) in [6, 6.07) is 0. The first-order valence-corrected chi connectivity index (χ1v) is 10.5. The number of rotatable bonds is 5. The van der Waals surface area contributed by atoms with Gasteiger partial charge in [-0.15, -0.1) is 0 Å². The first kappa shape index (κ1) is 21.3. The largest absolute Gasteiger partial charge is 0.511 e. The zero-order chi connectivity index (χ0) is 19.4. The number of alkyl halides is 3. The van der Waals surface area contributed by atoms with Crippen molar-refractivity contribution in [3.8, 4) is 0 Å². The van der Waals surface area contributed by atoms with Gasteiger partial charge in [0.1, 0.15) is 0 Å². The second-order valence-corrected chi connectivity index (χ2v) is 9.55. The fraction of sp³-hybridized carbons (Fsp3) is 0.938. The maximum atomic E-state index is 12.6. The summed E-state index contributed by atoms with van der Waals surface area (Å²) in [5, 5.41) is 6.54. The molecule has 1 aliphatic carbocycles. The van der Waals surface area contributed by atoms with Crippen LogP contribution in [0.1, 0.15) is 45.4 Å². The third-order valence-electron chi connectivity index (χ3n) is 5.48. The number of guanidine groups is 1. The minimum Gasteiger partial charge on any atom is -0.356 e. The van der Waals surface area contributed by atoms with Gasteiger partial charge in [0.05, 0.1) is 0 Å². The smallest absolute Gasteiger partial charge is 0.356 e. The molecule has 1 saturated heterocycles. The molecule has 0 atom stereocenters. The fourth-order valence-electron chi connectivity index (χ4n) is 3.66. The first-order chi connectivity index (χ1) is 12.1. The van der Waals surface area contributed by atoms with Gasteiger partial charge in [0.2, 0.25) is 0 Å². The van der Waals surface area contributed by atoms with Crippen LogP contribution in [0.15, 0.2) is 4.99 Å². The monoisotopic (exact) mass is 398 g/mol. The Morgan fingerprint density at radius 2 is 1.77 bits per heavy atom. The van der Waals surface area contributed by atoms with Crippen LogP contribution in [0.3, 0.4) is 0 Å². The molecule has 6 nitrogen and oxygen atoms in total. The van der Waals surface area contributed by atoms with Crippen molar-refractivity contribution < 1.29 is 21.6 Å². The molecule has 2 fully saturated rings. The first-order valence-electron chi connectivity index (χ1n) is 9.08. The van der Waals surface area contributed by atoms with Crippen molar-refractivity contribution in [2.45, 2.75) is 51.0 Å². The highest BCUT2D eigenvalue weighted by molar-refractivity contribution is 7.90. The molecule has 0 aromatic rings. The van der Waals surface area contributed by atoms with E-state index in [0.29, 0.717) is 29.7 Å². The lowest BCUT2D eigenvalue weighted by molar-refractivity contribution is -0.0496. The Morgan fingerprint density at radius 1 is 1.19 bits per heavy atom. The molecule has 0 aromatic carbocycles. The van der Waals surface area contributed by atoms with Gasteiger partial charge in [0, 0.05) is 33.2 Å². The summed E-state index contributed by atoms with van der Waals surface area (Å²) in [4.78, 5) is 4.19. The van der Waals surface area contributed by atoms with Crippen molar-refractivity contribution >= 4 is 16.0 Å². The van der Waals surface area contributed by atoms with Gasteiger partial charge in [0.15, 0.2) is 5.96 Å². The number of nitrogens with zero attached hydrogens (tertiary/aromatic N) is 2. The van der Waals surface area contributed by atoms with Crippen molar-refractivity contribution in [2.24, 2.45) is 16.3 Å². The minimum absolute atomic E-state index is 0.0989. The Kier molecular flexibility index (Phi) is 6.81. The molecule has 1 heterocycles. The van der Waals surface area contributed by atoms with Crippen LogP contribution in [0.4, 0.5) is 13.2 Å². The molecule has 1 saturated carbocycles. The van der Waals surface area contributed by atoms with E-state index >= 15 is 0 Å². The van der Waals surface area contributed by atoms with Gasteiger partial charge in [-0.2, -0.15) is 17.5 Å². The highest BCUT2D eigenvalue weighted by Crippen LogP contribution is 2.36. The Labute approximate surface area is 153 Å². The Morgan fingerprint density at radius 3 is 2.27 bits per heavy atom. The number of halogens is 3. The van der Waals surface area contributed by atoms with Crippen molar-refractivity contribution in [3.05, 3.63) is 0 Å². The third-order valence-corrected chi connectivity index (χ3v) is 7.11. The van der Waals surface area contributed by atoms with E-state index in [2.05, 4.69) is 22.5 Å². The van der Waals surface area contributed by atoms with Crippen molar-refractivity contribution in [1.29, 1.82) is 0 Å². The standard InChI is InChI=1S/C16H29F3N4O2S/c1-15(7-3-4-8-15)12-22-14(20-2)21-11-13-5-9-23(10-6-13)26(24,25)16(17,18)19/h13H,3-12H2,1-2H3,(H2,20,21,22). The van der Waals surface area contributed by atoms with E-state index < -0.39 is 15.5 Å². The lowest BCUT2D eigenvalue weighted by Crippen LogP contribution is -2.48. The van der Waals surface area contributed by atoms with Crippen LogP contribution in [-0.2, 0) is 10.0 Å². The summed E-state index contributed by atoms with van der Waals surface area (Å²) >= 11 is 0. The predicted molar refractivity (Wildman–Crippen MR) is 95.2 cm³/mol. The summed E-state index contributed by atoms with van der Waals surface area (Å²) in [6.45, 7) is 3.47. The molecule has 0 amide bonds. The third kappa shape index (κ3) is 5.25. The molecule has 10 heteroatoms. The van der Waals surface area contributed by atoms with E-state index in [4.69, 9.17) is 0 Å². The summed E-state index contributed by atoms with van der Waals surface area (Å²) < 4.78 is 61.2. The number of aliphatic imine (C=N–C) groups is 1. The molecule has 0 radical (unpaired) electrons. The van der Waals surface area contributed by atoms with Crippen LogP contribution in [0.25, 0.3) is 0 Å². The van der Waals surface area contributed by atoms with E-state index in [1.807, 2.05) is 0 Å². The van der Waals surface area contributed by atoms with E-state index in [1.54, 1.807) is 7.05 Å². The van der Waals surface area contributed by atoms with Gasteiger partial charge >= 0.3 is 15.5 Å². The zero-order valence-electron chi connectivity index (χ0n) is 15.4. The van der Waals surface area contributed by atoms with Crippen LogP contribution < -0.4 is 10.6 Å². The summed E-state index contributed by atoms with van der Waals surface area (Å²) in [7, 11) is -3.52. The topological polar surface area (TPSA) is 73.8 Å². The Hall–Kier alpha value is -1.03. The molecule has 0 unspecified atom stereocenters. The number of sulfonamides is 1. The van der Waals surface area contributed by atoms with Crippen LogP contribution in [0.2, 0.25) is 0 Å². The SMILES string of the molecule is CN=C(NCC1CCN(S(=O)(=O)C(F)(F)F)CC1)NCC1(C)CCCC1. The van der Waals surface area contributed by atoms with Crippen molar-refractivity contribution in [1.82, 2.24) is 14.9 Å². The molecule has 2 rings (SSSR count). The number of hydrogen-bond donors (Lipinski definition) is 2. The lowest BCUT2D eigenvalue weighted by atomic mass is 9.89. The quantitative estimate of drug-likeness (QED) is 0.551. The summed E-state index contributed by atoms with van der Waals surface area (Å²) in [5.41, 5.74) is -4.94. The second kappa shape index (κ2) is 8.33. The van der Waals surface area contributed by atoms with Crippen molar-refractivity contribution in [3.63, 3.8) is 0 Å². The molecule has 0 spiro atoms. The van der Waals surface area contributed by atoms with Gasteiger partial charge in [0.25, 0.3) is 0 Å². The van der Waals surface area contributed by atoms with Crippen molar-refractivity contribution in [2.75, 3.05) is 33.2 Å². The molecule has 2 N–H and O–H groups in total. The molecule has 1 aliphatic heterocycles. The van der Waals surface area contributed by atoms with Gasteiger partial charge in [-0.1, -0.05) is 19.8 Å². The Bertz CT molecular complexity index is 593. The van der Waals surface area contributed by atoms with Gasteiger partial charge < -0.3 is 10.6 Å². The minimum atomic E-state index is -5.22. The fourth-order valence-corrected chi connectivity index (χ4v) is 4.65. The van der Waals surface area contributed by atoms with E-state index in [-0.39, 0.29) is 24.4 Å². The average molecular weight is 398 g/mol. The van der Waals surface area contributed by atoms with Crippen LogP contribution in [0, 0.1) is 11.3 Å². The Balaban J connectivity index is 1.75. The maximum Gasteiger partial charge on any atom is 0.511 e. The molecular formula is C16H29F3N4O2S. The number of nitrogens with one attached hydrogen (secondary N) is 2. The number of hydrogen-bond acceptors (Lipinski definition) is 3. The van der Waals surface area contributed by atoms with Gasteiger partial charge in [-0.3, -0.25) is 4.99 Å². The molecule has 152 valence electrons. The highest BCUT2D eigenvalue weighted by Gasteiger charge is 2.50. The normalized spacial score (nSPS) is 23.2. The summed E-state index contributed by atoms with van der Waals surface area (Å²) in [6.07, 6.45) is 5.70. The summed E-state index contributed by atoms with van der Waals surface area (Å²) in [5.74, 6) is 0.804. The van der Waals surface area contributed by atoms with Crippen LogP contribution in [0.5, 0.6) is 0 Å². The maximum absolute atomic E-state index is 12.6. The zero-order valence-corrected chi connectivity index (χ0v) is 16.2. The molecular weight excluding hydrogens is 369 g/mol. The van der Waals surface area contributed by atoms with Crippen LogP contribution in [-0.4, -0.2) is 57.4 Å². The molecule has 0 bridgehead atoms. The molecule has 0 aromatic heterocycles. The molecule has 26 heavy (non-hydrogen) atoms. The average Bonchev–Trinajstić information content (AvgIpc) is 3.01. The highest BCUT2D eigenvalue weighted by atomic mass is 32.2. The van der Waals surface area contributed by atoms with E-state index in [1.165, 1.54) is 25.7 Å². The van der Waals surface area contributed by atoms with E-state index in [0.717, 1.165) is 6.54 Å². The van der Waals surface area contributed by atoms with Crippen LogP contribution >= 0.6 is 0 Å².